The molecular formula is C16H22FN3OS. The van der Waals surface area contributed by atoms with Gasteiger partial charge < -0.3 is 10.2 Å². The van der Waals surface area contributed by atoms with E-state index in [9.17, 15) is 9.18 Å². The highest BCUT2D eigenvalue weighted by molar-refractivity contribution is 8.01. The van der Waals surface area contributed by atoms with Crippen molar-refractivity contribution in [3.63, 3.8) is 0 Å². The van der Waals surface area contributed by atoms with E-state index >= 15 is 0 Å². The van der Waals surface area contributed by atoms with Crippen molar-refractivity contribution in [3.8, 4) is 0 Å². The maximum atomic E-state index is 13.1. The molecule has 2 aliphatic heterocycles. The van der Waals surface area contributed by atoms with Crippen molar-refractivity contribution in [2.45, 2.75) is 17.5 Å². The summed E-state index contributed by atoms with van der Waals surface area (Å²) in [5, 5.41) is 3.31. The van der Waals surface area contributed by atoms with Gasteiger partial charge in [-0.25, -0.2) is 4.39 Å². The first-order valence-electron chi connectivity index (χ1n) is 7.79. The summed E-state index contributed by atoms with van der Waals surface area (Å²) in [6, 6.07) is 6.52. The molecule has 1 amide bonds. The Morgan fingerprint density at radius 1 is 1.23 bits per heavy atom. The summed E-state index contributed by atoms with van der Waals surface area (Å²) in [6.45, 7) is 7.68. The van der Waals surface area contributed by atoms with Gasteiger partial charge in [-0.15, -0.1) is 11.8 Å². The van der Waals surface area contributed by atoms with E-state index in [2.05, 4.69) is 10.2 Å². The lowest BCUT2D eigenvalue weighted by Crippen LogP contribution is -2.46. The second-order valence-electron chi connectivity index (χ2n) is 5.81. The standard InChI is InChI=1S/C16H22FN3OS/c1-12-15(21)20(11-10-19-8-6-18-7-9-19)16(22-12)13-2-4-14(17)5-3-13/h2-5,12,16,18H,6-11H2,1H3/t12-,16-/m0/s1. The summed E-state index contributed by atoms with van der Waals surface area (Å²) in [7, 11) is 0. The number of piperazine rings is 1. The number of benzene rings is 1. The van der Waals surface area contributed by atoms with Crippen molar-refractivity contribution in [3.05, 3.63) is 35.6 Å². The smallest absolute Gasteiger partial charge is 0.236 e. The third-order valence-corrected chi connectivity index (χ3v) is 5.66. The van der Waals surface area contributed by atoms with Crippen molar-refractivity contribution in [2.24, 2.45) is 0 Å². The minimum absolute atomic E-state index is 0.00557. The molecule has 1 N–H and O–H groups in total. The molecule has 0 unspecified atom stereocenters. The normalized spacial score (nSPS) is 26.6. The molecule has 0 radical (unpaired) electrons. The first-order valence-corrected chi connectivity index (χ1v) is 8.74. The Morgan fingerprint density at radius 3 is 2.59 bits per heavy atom. The lowest BCUT2D eigenvalue weighted by molar-refractivity contribution is -0.130. The van der Waals surface area contributed by atoms with Crippen LogP contribution in [0.5, 0.6) is 0 Å². The average Bonchev–Trinajstić information content (AvgIpc) is 2.82. The lowest BCUT2D eigenvalue weighted by Gasteiger charge is -2.31. The maximum absolute atomic E-state index is 13.1. The van der Waals surface area contributed by atoms with E-state index in [4.69, 9.17) is 0 Å². The molecule has 1 aromatic carbocycles. The predicted octanol–water partition coefficient (Wildman–Crippen LogP) is 1.69. The number of nitrogens with one attached hydrogen (secondary N) is 1. The van der Waals surface area contributed by atoms with Gasteiger partial charge in [-0.1, -0.05) is 12.1 Å². The van der Waals surface area contributed by atoms with Crippen LogP contribution in [0.2, 0.25) is 0 Å². The second-order valence-corrected chi connectivity index (χ2v) is 7.23. The highest BCUT2D eigenvalue weighted by Gasteiger charge is 2.38. The zero-order valence-electron chi connectivity index (χ0n) is 12.8. The van der Waals surface area contributed by atoms with Gasteiger partial charge in [-0.05, 0) is 24.6 Å². The molecule has 0 aromatic heterocycles. The van der Waals surface area contributed by atoms with E-state index in [1.165, 1.54) is 12.1 Å². The topological polar surface area (TPSA) is 35.6 Å². The average molecular weight is 323 g/mol. The van der Waals surface area contributed by atoms with Gasteiger partial charge in [0.15, 0.2) is 0 Å². The van der Waals surface area contributed by atoms with Crippen LogP contribution in [0.25, 0.3) is 0 Å². The number of nitrogens with zero attached hydrogens (tertiary/aromatic N) is 2. The van der Waals surface area contributed by atoms with Gasteiger partial charge in [0.1, 0.15) is 11.2 Å². The largest absolute Gasteiger partial charge is 0.324 e. The van der Waals surface area contributed by atoms with E-state index < -0.39 is 0 Å². The van der Waals surface area contributed by atoms with Gasteiger partial charge in [0.25, 0.3) is 0 Å². The number of amides is 1. The number of thioether (sulfide) groups is 1. The fraction of sp³-hybridized carbons (Fsp3) is 0.562. The van der Waals surface area contributed by atoms with E-state index in [1.807, 2.05) is 11.8 Å². The van der Waals surface area contributed by atoms with E-state index in [0.717, 1.165) is 44.8 Å². The van der Waals surface area contributed by atoms with E-state index in [-0.39, 0.29) is 22.3 Å². The molecule has 2 aliphatic rings. The monoisotopic (exact) mass is 323 g/mol. The second kappa shape index (κ2) is 6.98. The Morgan fingerprint density at radius 2 is 1.91 bits per heavy atom. The van der Waals surface area contributed by atoms with Crippen LogP contribution in [-0.2, 0) is 4.79 Å². The minimum Gasteiger partial charge on any atom is -0.324 e. The Hall–Kier alpha value is -1.11. The Bertz CT molecular complexity index is 519. The van der Waals surface area contributed by atoms with Crippen molar-refractivity contribution < 1.29 is 9.18 Å². The fourth-order valence-corrected chi connectivity index (χ4v) is 4.28. The highest BCUT2D eigenvalue weighted by Crippen LogP contribution is 2.42. The zero-order valence-corrected chi connectivity index (χ0v) is 13.6. The van der Waals surface area contributed by atoms with Gasteiger partial charge in [0, 0.05) is 39.3 Å². The molecule has 0 aliphatic carbocycles. The first-order chi connectivity index (χ1) is 10.6. The zero-order chi connectivity index (χ0) is 15.5. The maximum Gasteiger partial charge on any atom is 0.236 e. The molecule has 3 rings (SSSR count). The summed E-state index contributed by atoms with van der Waals surface area (Å²) in [5.41, 5.74) is 1.00. The van der Waals surface area contributed by atoms with Crippen molar-refractivity contribution in [2.75, 3.05) is 39.3 Å². The van der Waals surface area contributed by atoms with Gasteiger partial charge in [0.05, 0.1) is 5.25 Å². The van der Waals surface area contributed by atoms with Crippen molar-refractivity contribution in [1.82, 2.24) is 15.1 Å². The van der Waals surface area contributed by atoms with E-state index in [0.29, 0.717) is 0 Å². The lowest BCUT2D eigenvalue weighted by atomic mass is 10.2. The predicted molar refractivity (Wildman–Crippen MR) is 87.2 cm³/mol. The molecule has 4 nitrogen and oxygen atoms in total. The Kier molecular flexibility index (Phi) is 5.00. The van der Waals surface area contributed by atoms with Gasteiger partial charge >= 0.3 is 0 Å². The Labute approximate surface area is 135 Å². The summed E-state index contributed by atoms with van der Waals surface area (Å²) < 4.78 is 13.1. The molecule has 2 heterocycles. The molecule has 2 atom stereocenters. The van der Waals surface area contributed by atoms with Gasteiger partial charge in [-0.3, -0.25) is 9.69 Å². The van der Waals surface area contributed by atoms with Crippen LogP contribution >= 0.6 is 11.8 Å². The SMILES string of the molecule is C[C@@H]1S[C@@H](c2ccc(F)cc2)N(CCN2CCNCC2)C1=O. The molecule has 0 spiro atoms. The first kappa shape index (κ1) is 15.8. The number of hydrogen-bond donors (Lipinski definition) is 1. The number of carbonyl (C=O) groups excluding carboxylic acids is 1. The van der Waals surface area contributed by atoms with Crippen molar-refractivity contribution >= 4 is 17.7 Å². The van der Waals surface area contributed by atoms with Crippen LogP contribution in [0.3, 0.4) is 0 Å². The van der Waals surface area contributed by atoms with Crippen LogP contribution < -0.4 is 5.32 Å². The summed E-state index contributed by atoms with van der Waals surface area (Å²) >= 11 is 1.65. The van der Waals surface area contributed by atoms with Crippen molar-refractivity contribution in [1.29, 1.82) is 0 Å². The third kappa shape index (κ3) is 3.45. The number of rotatable bonds is 4. The number of carbonyl (C=O) groups is 1. The van der Waals surface area contributed by atoms with Crippen LogP contribution in [0, 0.1) is 5.82 Å². The Balaban J connectivity index is 1.68. The highest BCUT2D eigenvalue weighted by atomic mass is 32.2. The van der Waals surface area contributed by atoms with Crippen LogP contribution in [-0.4, -0.2) is 60.2 Å². The molecule has 2 fully saturated rings. The molecule has 0 saturated carbocycles. The quantitative estimate of drug-likeness (QED) is 0.915. The molecule has 2 saturated heterocycles. The molecule has 120 valence electrons. The fourth-order valence-electron chi connectivity index (χ4n) is 2.97. The molecule has 22 heavy (non-hydrogen) atoms. The summed E-state index contributed by atoms with van der Waals surface area (Å²) in [5.74, 6) is -0.0482. The van der Waals surface area contributed by atoms with Crippen LogP contribution in [0.4, 0.5) is 4.39 Å². The molecular weight excluding hydrogens is 301 g/mol. The van der Waals surface area contributed by atoms with Crippen LogP contribution in [0.15, 0.2) is 24.3 Å². The molecule has 1 aromatic rings. The molecule has 6 heteroatoms. The van der Waals surface area contributed by atoms with Crippen LogP contribution in [0.1, 0.15) is 17.9 Å². The van der Waals surface area contributed by atoms with E-state index in [1.54, 1.807) is 23.9 Å². The summed E-state index contributed by atoms with van der Waals surface area (Å²) in [6.07, 6.45) is 0. The van der Waals surface area contributed by atoms with Gasteiger partial charge in [-0.2, -0.15) is 0 Å². The minimum atomic E-state index is -0.238. The molecule has 0 bridgehead atoms. The summed E-state index contributed by atoms with van der Waals surface area (Å²) in [4.78, 5) is 16.8. The number of halogens is 1. The van der Waals surface area contributed by atoms with Gasteiger partial charge in [0.2, 0.25) is 5.91 Å². The third-order valence-electron chi connectivity index (χ3n) is 4.27. The number of hydrogen-bond acceptors (Lipinski definition) is 4.